The fraction of sp³-hybridized carbons (Fsp3) is 0.462. The molecule has 2 heteroatoms. The van der Waals surface area contributed by atoms with E-state index in [9.17, 15) is 0 Å². The van der Waals surface area contributed by atoms with Crippen LogP contribution in [-0.4, -0.2) is 11.5 Å². The predicted molar refractivity (Wildman–Crippen MR) is 70.3 cm³/mol. The largest absolute Gasteiger partial charge is 0.376 e. The molecule has 0 fully saturated rings. The van der Waals surface area contributed by atoms with E-state index in [1.54, 1.807) is 0 Å². The zero-order valence-electron chi connectivity index (χ0n) is 9.33. The molecule has 0 bridgehead atoms. The Labute approximate surface area is 97.9 Å². The molecule has 0 saturated carbocycles. The van der Waals surface area contributed by atoms with Gasteiger partial charge in [0.15, 0.2) is 0 Å². The van der Waals surface area contributed by atoms with E-state index < -0.39 is 0 Å². The maximum absolute atomic E-state index is 5.29. The minimum Gasteiger partial charge on any atom is -0.376 e. The lowest BCUT2D eigenvalue weighted by molar-refractivity contribution is 0.656. The highest BCUT2D eigenvalue weighted by atomic mass is 32.1. The van der Waals surface area contributed by atoms with Crippen molar-refractivity contribution >= 4 is 17.2 Å². The van der Waals surface area contributed by atoms with Crippen molar-refractivity contribution in [3.05, 3.63) is 35.9 Å². The third-order valence-electron chi connectivity index (χ3n) is 2.35. The summed E-state index contributed by atoms with van der Waals surface area (Å²) in [5, 5.41) is 3.29. The topological polar surface area (TPSA) is 12.0 Å². The molecule has 1 rings (SSSR count). The molecule has 0 aliphatic rings. The van der Waals surface area contributed by atoms with Gasteiger partial charge in [0.1, 0.15) is 4.99 Å². The van der Waals surface area contributed by atoms with E-state index in [1.807, 2.05) is 30.3 Å². The van der Waals surface area contributed by atoms with Gasteiger partial charge in [0.2, 0.25) is 0 Å². The summed E-state index contributed by atoms with van der Waals surface area (Å²) in [6.07, 6.45) is 5.10. The molecule has 0 saturated heterocycles. The molecule has 1 nitrogen and oxygen atoms in total. The lowest BCUT2D eigenvalue weighted by atomic mass is 10.2. The van der Waals surface area contributed by atoms with E-state index in [-0.39, 0.29) is 0 Å². The standard InChI is InChI=1S/C13H19NS/c1-2-3-4-8-11-14-13(15)12-9-6-5-7-10-12/h5-7,9-10H,2-4,8,11H2,1H3,(H,14,15). The minimum atomic E-state index is 0.868. The van der Waals surface area contributed by atoms with Crippen LogP contribution in [0.25, 0.3) is 0 Å². The van der Waals surface area contributed by atoms with Crippen LogP contribution in [0.4, 0.5) is 0 Å². The van der Waals surface area contributed by atoms with Gasteiger partial charge in [-0.25, -0.2) is 0 Å². The summed E-state index contributed by atoms with van der Waals surface area (Å²) >= 11 is 5.29. The molecule has 15 heavy (non-hydrogen) atoms. The number of thiocarbonyl (C=S) groups is 1. The van der Waals surface area contributed by atoms with Crippen LogP contribution in [0.2, 0.25) is 0 Å². The number of nitrogens with one attached hydrogen (secondary N) is 1. The summed E-state index contributed by atoms with van der Waals surface area (Å²) in [5.74, 6) is 0. The molecule has 1 aromatic carbocycles. The van der Waals surface area contributed by atoms with Crippen molar-refractivity contribution in [3.63, 3.8) is 0 Å². The molecule has 0 aliphatic heterocycles. The number of hydrogen-bond acceptors (Lipinski definition) is 1. The Balaban J connectivity index is 2.20. The molecule has 0 amide bonds. The van der Waals surface area contributed by atoms with Gasteiger partial charge in [-0.05, 0) is 6.42 Å². The number of hydrogen-bond donors (Lipinski definition) is 1. The van der Waals surface area contributed by atoms with Crippen LogP contribution in [0.3, 0.4) is 0 Å². The zero-order valence-corrected chi connectivity index (χ0v) is 10.1. The van der Waals surface area contributed by atoms with Crippen molar-refractivity contribution in [1.82, 2.24) is 5.32 Å². The van der Waals surface area contributed by atoms with Crippen LogP contribution in [0.1, 0.15) is 38.2 Å². The van der Waals surface area contributed by atoms with E-state index in [0.29, 0.717) is 0 Å². The molecule has 0 aromatic heterocycles. The van der Waals surface area contributed by atoms with Crippen molar-refractivity contribution in [2.75, 3.05) is 6.54 Å². The van der Waals surface area contributed by atoms with Crippen molar-refractivity contribution in [2.45, 2.75) is 32.6 Å². The molecule has 0 spiro atoms. The van der Waals surface area contributed by atoms with Gasteiger partial charge in [0.25, 0.3) is 0 Å². The second-order valence-electron chi connectivity index (χ2n) is 3.68. The average Bonchev–Trinajstić information content (AvgIpc) is 2.30. The maximum Gasteiger partial charge on any atom is 0.106 e. The van der Waals surface area contributed by atoms with Crippen molar-refractivity contribution in [1.29, 1.82) is 0 Å². The Hall–Kier alpha value is -0.890. The van der Waals surface area contributed by atoms with Gasteiger partial charge in [-0.3, -0.25) is 0 Å². The second-order valence-corrected chi connectivity index (χ2v) is 4.09. The highest BCUT2D eigenvalue weighted by molar-refractivity contribution is 7.80. The van der Waals surface area contributed by atoms with Crippen molar-refractivity contribution < 1.29 is 0 Å². The van der Waals surface area contributed by atoms with Crippen LogP contribution in [0, 0.1) is 0 Å². The highest BCUT2D eigenvalue weighted by Gasteiger charge is 1.97. The SMILES string of the molecule is CCCCCCNC(=S)c1ccccc1. The Morgan fingerprint density at radius 1 is 1.13 bits per heavy atom. The summed E-state index contributed by atoms with van der Waals surface area (Å²) in [6, 6.07) is 10.1. The third-order valence-corrected chi connectivity index (χ3v) is 2.73. The third kappa shape index (κ3) is 4.93. The molecule has 0 heterocycles. The first kappa shape index (κ1) is 12.2. The molecule has 0 radical (unpaired) electrons. The Bertz CT molecular complexity index is 282. The van der Waals surface area contributed by atoms with Gasteiger partial charge < -0.3 is 5.32 Å². The van der Waals surface area contributed by atoms with Crippen molar-refractivity contribution in [2.24, 2.45) is 0 Å². The Kier molecular flexibility index (Phi) is 6.02. The summed E-state index contributed by atoms with van der Waals surface area (Å²) in [4.78, 5) is 0.868. The number of unbranched alkanes of at least 4 members (excludes halogenated alkanes) is 3. The average molecular weight is 221 g/mol. The van der Waals surface area contributed by atoms with Crippen molar-refractivity contribution in [3.8, 4) is 0 Å². The monoisotopic (exact) mass is 221 g/mol. The van der Waals surface area contributed by atoms with Crippen LogP contribution >= 0.6 is 12.2 Å². The molecule has 0 atom stereocenters. The van der Waals surface area contributed by atoms with E-state index in [4.69, 9.17) is 12.2 Å². The first-order valence-corrected chi connectivity index (χ1v) is 6.08. The quantitative estimate of drug-likeness (QED) is 0.582. The number of benzene rings is 1. The van der Waals surface area contributed by atoms with Crippen LogP contribution < -0.4 is 5.32 Å². The molecule has 0 aliphatic carbocycles. The normalized spacial score (nSPS) is 9.93. The van der Waals surface area contributed by atoms with E-state index in [2.05, 4.69) is 12.2 Å². The van der Waals surface area contributed by atoms with Crippen LogP contribution in [0.15, 0.2) is 30.3 Å². The summed E-state index contributed by atoms with van der Waals surface area (Å²) in [7, 11) is 0. The number of rotatable bonds is 6. The first-order chi connectivity index (χ1) is 7.34. The second kappa shape index (κ2) is 7.41. The van der Waals surface area contributed by atoms with Gasteiger partial charge >= 0.3 is 0 Å². The molecule has 1 N–H and O–H groups in total. The van der Waals surface area contributed by atoms with Gasteiger partial charge in [-0.1, -0.05) is 68.7 Å². The van der Waals surface area contributed by atoms with E-state index in [1.165, 1.54) is 25.7 Å². The lowest BCUT2D eigenvalue weighted by Crippen LogP contribution is -2.23. The van der Waals surface area contributed by atoms with Crippen LogP contribution in [0.5, 0.6) is 0 Å². The van der Waals surface area contributed by atoms with E-state index >= 15 is 0 Å². The lowest BCUT2D eigenvalue weighted by Gasteiger charge is -2.07. The summed E-state index contributed by atoms with van der Waals surface area (Å²) in [5.41, 5.74) is 1.11. The van der Waals surface area contributed by atoms with E-state index in [0.717, 1.165) is 17.1 Å². The molecular weight excluding hydrogens is 202 g/mol. The highest BCUT2D eigenvalue weighted by Crippen LogP contribution is 2.01. The maximum atomic E-state index is 5.29. The van der Waals surface area contributed by atoms with Crippen LogP contribution in [-0.2, 0) is 0 Å². The molecule has 82 valence electrons. The van der Waals surface area contributed by atoms with Gasteiger partial charge in [0, 0.05) is 12.1 Å². The molecular formula is C13H19NS. The minimum absolute atomic E-state index is 0.868. The van der Waals surface area contributed by atoms with Gasteiger partial charge in [-0.15, -0.1) is 0 Å². The van der Waals surface area contributed by atoms with Gasteiger partial charge in [0.05, 0.1) is 0 Å². The fourth-order valence-corrected chi connectivity index (χ4v) is 1.68. The Morgan fingerprint density at radius 3 is 2.53 bits per heavy atom. The smallest absolute Gasteiger partial charge is 0.106 e. The summed E-state index contributed by atoms with van der Waals surface area (Å²) < 4.78 is 0. The molecule has 0 unspecified atom stereocenters. The molecule has 1 aromatic rings. The Morgan fingerprint density at radius 2 is 1.87 bits per heavy atom. The zero-order chi connectivity index (χ0) is 10.9. The predicted octanol–water partition coefficient (Wildman–Crippen LogP) is 3.53. The fourth-order valence-electron chi connectivity index (χ4n) is 1.45. The summed E-state index contributed by atoms with van der Waals surface area (Å²) in [6.45, 7) is 3.22. The van der Waals surface area contributed by atoms with Gasteiger partial charge in [-0.2, -0.15) is 0 Å². The first-order valence-electron chi connectivity index (χ1n) is 5.68.